The maximum absolute atomic E-state index is 11.1. The lowest BCUT2D eigenvalue weighted by Crippen LogP contribution is -2.44. The van der Waals surface area contributed by atoms with Crippen LogP contribution in [0.25, 0.3) is 0 Å². The van der Waals surface area contributed by atoms with Crippen molar-refractivity contribution in [2.45, 2.75) is 51.8 Å². The first-order valence-corrected chi connectivity index (χ1v) is 6.69. The van der Waals surface area contributed by atoms with Gasteiger partial charge in [-0.25, -0.2) is 0 Å². The highest BCUT2D eigenvalue weighted by molar-refractivity contribution is 5.73. The molecule has 0 fully saturated rings. The molecule has 106 valence electrons. The average Bonchev–Trinajstić information content (AvgIpc) is 2.38. The first-order valence-electron chi connectivity index (χ1n) is 6.69. The summed E-state index contributed by atoms with van der Waals surface area (Å²) >= 11 is 0. The molecule has 3 N–H and O–H groups in total. The molecule has 0 heterocycles. The van der Waals surface area contributed by atoms with E-state index < -0.39 is 18.1 Å². The molecule has 0 saturated carbocycles. The number of carboxylic acid groups (broad SMARTS) is 1. The van der Waals surface area contributed by atoms with Crippen molar-refractivity contribution in [1.29, 1.82) is 0 Å². The Bertz CT molecular complexity index is 402. The van der Waals surface area contributed by atoms with Crippen LogP contribution in [0, 0.1) is 6.92 Å². The number of hydrogen-bond donors (Lipinski definition) is 3. The molecule has 0 amide bonds. The molecule has 19 heavy (non-hydrogen) atoms. The molecule has 0 bridgehead atoms. The van der Waals surface area contributed by atoms with Crippen LogP contribution < -0.4 is 5.32 Å². The van der Waals surface area contributed by atoms with Crippen molar-refractivity contribution in [2.24, 2.45) is 0 Å². The van der Waals surface area contributed by atoms with Crippen molar-refractivity contribution in [1.82, 2.24) is 5.32 Å². The predicted molar refractivity (Wildman–Crippen MR) is 75.1 cm³/mol. The number of aliphatic carboxylic acids is 1. The summed E-state index contributed by atoms with van der Waals surface area (Å²) in [5, 5.41) is 22.3. The van der Waals surface area contributed by atoms with E-state index in [2.05, 4.69) is 5.32 Å². The fourth-order valence-electron chi connectivity index (χ4n) is 2.03. The zero-order valence-corrected chi connectivity index (χ0v) is 11.8. The summed E-state index contributed by atoms with van der Waals surface area (Å²) < 4.78 is 0. The van der Waals surface area contributed by atoms with E-state index in [4.69, 9.17) is 5.11 Å². The average molecular weight is 265 g/mol. The number of benzene rings is 1. The summed E-state index contributed by atoms with van der Waals surface area (Å²) in [5.41, 5.74) is 1.93. The Morgan fingerprint density at radius 1 is 1.32 bits per heavy atom. The molecule has 4 nitrogen and oxygen atoms in total. The molecule has 0 radical (unpaired) electrons. The molecule has 3 atom stereocenters. The maximum Gasteiger partial charge on any atom is 0.320 e. The number of carboxylic acids is 1. The number of aliphatic hydroxyl groups is 1. The Hall–Kier alpha value is -1.39. The van der Waals surface area contributed by atoms with Gasteiger partial charge in [-0.1, -0.05) is 43.2 Å². The van der Waals surface area contributed by atoms with E-state index in [9.17, 15) is 9.90 Å². The van der Waals surface area contributed by atoms with Gasteiger partial charge in [0.15, 0.2) is 0 Å². The third-order valence-corrected chi connectivity index (χ3v) is 3.23. The quantitative estimate of drug-likeness (QED) is 0.707. The van der Waals surface area contributed by atoms with Crippen LogP contribution in [0.2, 0.25) is 0 Å². The van der Waals surface area contributed by atoms with E-state index in [-0.39, 0.29) is 6.04 Å². The number of aliphatic hydroxyl groups excluding tert-OH is 1. The summed E-state index contributed by atoms with van der Waals surface area (Å²) in [6.07, 6.45) is 0.636. The van der Waals surface area contributed by atoms with Crippen LogP contribution in [-0.2, 0) is 4.79 Å². The minimum Gasteiger partial charge on any atom is -0.480 e. The molecule has 0 aromatic heterocycles. The van der Waals surface area contributed by atoms with Gasteiger partial charge >= 0.3 is 5.97 Å². The van der Waals surface area contributed by atoms with Crippen molar-refractivity contribution in [3.05, 3.63) is 35.4 Å². The topological polar surface area (TPSA) is 69.6 Å². The summed E-state index contributed by atoms with van der Waals surface area (Å²) in [4.78, 5) is 11.1. The predicted octanol–water partition coefficient (Wildman–Crippen LogP) is 2.26. The van der Waals surface area contributed by atoms with E-state index >= 15 is 0 Å². The molecule has 4 heteroatoms. The summed E-state index contributed by atoms with van der Waals surface area (Å²) in [6.45, 7) is 5.73. The van der Waals surface area contributed by atoms with Gasteiger partial charge < -0.3 is 10.2 Å². The van der Waals surface area contributed by atoms with E-state index in [1.54, 1.807) is 6.92 Å². The standard InChI is InChI=1S/C15H23NO3/c1-4-5-13(15(18)19)16-11(3)14(17)12-8-6-10(2)7-9-12/h6-9,11,13-14,16-17H,4-5H2,1-3H3,(H,18,19). The highest BCUT2D eigenvalue weighted by atomic mass is 16.4. The van der Waals surface area contributed by atoms with Gasteiger partial charge in [-0.2, -0.15) is 0 Å². The monoisotopic (exact) mass is 265 g/mol. The molecule has 1 aromatic rings. The summed E-state index contributed by atoms with van der Waals surface area (Å²) in [6, 6.07) is 6.69. The fraction of sp³-hybridized carbons (Fsp3) is 0.533. The molecule has 1 aromatic carbocycles. The van der Waals surface area contributed by atoms with Crippen LogP contribution in [0.15, 0.2) is 24.3 Å². The third kappa shape index (κ3) is 4.65. The smallest absolute Gasteiger partial charge is 0.320 e. The van der Waals surface area contributed by atoms with E-state index in [0.717, 1.165) is 17.5 Å². The summed E-state index contributed by atoms with van der Waals surface area (Å²) in [5.74, 6) is -0.871. The zero-order valence-electron chi connectivity index (χ0n) is 11.8. The summed E-state index contributed by atoms with van der Waals surface area (Å²) in [7, 11) is 0. The molecular weight excluding hydrogens is 242 g/mol. The minimum atomic E-state index is -0.871. The van der Waals surface area contributed by atoms with E-state index in [0.29, 0.717) is 6.42 Å². The lowest BCUT2D eigenvalue weighted by molar-refractivity contribution is -0.140. The zero-order chi connectivity index (χ0) is 14.4. The van der Waals surface area contributed by atoms with Crippen LogP contribution in [0.3, 0.4) is 0 Å². The van der Waals surface area contributed by atoms with Crippen LogP contribution in [-0.4, -0.2) is 28.3 Å². The Balaban J connectivity index is 2.68. The minimum absolute atomic E-state index is 0.310. The van der Waals surface area contributed by atoms with Crippen molar-refractivity contribution >= 4 is 5.97 Å². The SMILES string of the molecule is CCCC(NC(C)C(O)c1ccc(C)cc1)C(=O)O. The van der Waals surface area contributed by atoms with E-state index in [1.165, 1.54) is 0 Å². The Kier molecular flexibility index (Phi) is 5.99. The molecule has 0 aliphatic carbocycles. The number of carbonyl (C=O) groups is 1. The van der Waals surface area contributed by atoms with Gasteiger partial charge in [0.2, 0.25) is 0 Å². The molecule has 0 aliphatic heterocycles. The Morgan fingerprint density at radius 2 is 1.89 bits per heavy atom. The number of rotatable bonds is 7. The Morgan fingerprint density at radius 3 is 2.37 bits per heavy atom. The maximum atomic E-state index is 11.1. The molecule has 0 aliphatic rings. The third-order valence-electron chi connectivity index (χ3n) is 3.23. The van der Waals surface area contributed by atoms with E-state index in [1.807, 2.05) is 38.1 Å². The number of aryl methyl sites for hydroxylation is 1. The van der Waals surface area contributed by atoms with Crippen LogP contribution >= 0.6 is 0 Å². The fourth-order valence-corrected chi connectivity index (χ4v) is 2.03. The number of hydrogen-bond acceptors (Lipinski definition) is 3. The number of nitrogens with one attached hydrogen (secondary N) is 1. The van der Waals surface area contributed by atoms with Gasteiger partial charge in [-0.05, 0) is 25.8 Å². The molecule has 1 rings (SSSR count). The highest BCUT2D eigenvalue weighted by Gasteiger charge is 2.23. The largest absolute Gasteiger partial charge is 0.480 e. The second kappa shape index (κ2) is 7.26. The van der Waals surface area contributed by atoms with Gasteiger partial charge in [0.25, 0.3) is 0 Å². The van der Waals surface area contributed by atoms with Crippen molar-refractivity contribution < 1.29 is 15.0 Å². The van der Waals surface area contributed by atoms with Gasteiger partial charge in [-0.3, -0.25) is 10.1 Å². The molecule has 3 unspecified atom stereocenters. The first-order chi connectivity index (χ1) is 8.95. The van der Waals surface area contributed by atoms with Gasteiger partial charge in [-0.15, -0.1) is 0 Å². The molecule has 0 saturated heterocycles. The van der Waals surface area contributed by atoms with Crippen molar-refractivity contribution in [3.8, 4) is 0 Å². The normalized spacial score (nSPS) is 15.8. The van der Waals surface area contributed by atoms with Crippen LogP contribution in [0.5, 0.6) is 0 Å². The Labute approximate surface area is 114 Å². The van der Waals surface area contributed by atoms with Gasteiger partial charge in [0, 0.05) is 6.04 Å². The second-order valence-corrected chi connectivity index (χ2v) is 4.99. The van der Waals surface area contributed by atoms with Crippen LogP contribution in [0.1, 0.15) is 43.9 Å². The van der Waals surface area contributed by atoms with Gasteiger partial charge in [0.05, 0.1) is 6.10 Å². The second-order valence-electron chi connectivity index (χ2n) is 4.99. The molecular formula is C15H23NO3. The van der Waals surface area contributed by atoms with Gasteiger partial charge in [0.1, 0.15) is 6.04 Å². The lowest BCUT2D eigenvalue weighted by atomic mass is 10.0. The molecule has 0 spiro atoms. The highest BCUT2D eigenvalue weighted by Crippen LogP contribution is 2.18. The van der Waals surface area contributed by atoms with Crippen molar-refractivity contribution in [2.75, 3.05) is 0 Å². The lowest BCUT2D eigenvalue weighted by Gasteiger charge is -2.24. The first kappa shape index (κ1) is 15.7. The van der Waals surface area contributed by atoms with Crippen LogP contribution in [0.4, 0.5) is 0 Å². The van der Waals surface area contributed by atoms with Crippen molar-refractivity contribution in [3.63, 3.8) is 0 Å².